The number of nitrogens with one attached hydrogen (secondary N) is 1. The minimum atomic E-state index is -0.270. The molecular formula is C15H28N2O3. The van der Waals surface area contributed by atoms with E-state index in [-0.39, 0.29) is 30.5 Å². The van der Waals surface area contributed by atoms with Gasteiger partial charge in [-0.05, 0) is 24.7 Å². The number of carbonyl (C=O) groups is 2. The molecule has 1 rings (SSSR count). The van der Waals surface area contributed by atoms with Gasteiger partial charge in [0.2, 0.25) is 5.91 Å². The van der Waals surface area contributed by atoms with Crippen LogP contribution in [0.3, 0.4) is 0 Å². The van der Waals surface area contributed by atoms with E-state index in [1.165, 1.54) is 7.11 Å². The first kappa shape index (κ1) is 17.0. The fraction of sp³-hybridized carbons (Fsp3) is 0.867. The predicted molar refractivity (Wildman–Crippen MR) is 78.0 cm³/mol. The summed E-state index contributed by atoms with van der Waals surface area (Å²) in [5.74, 6) is 0.817. The van der Waals surface area contributed by atoms with Gasteiger partial charge in [0.25, 0.3) is 0 Å². The van der Waals surface area contributed by atoms with E-state index >= 15 is 0 Å². The molecule has 0 aromatic carbocycles. The molecular weight excluding hydrogens is 256 g/mol. The molecule has 5 heteroatoms. The number of rotatable bonds is 7. The Morgan fingerprint density at radius 1 is 1.25 bits per heavy atom. The summed E-state index contributed by atoms with van der Waals surface area (Å²) in [6, 6.07) is -0.114. The molecule has 0 aromatic rings. The number of nitrogens with zero attached hydrogens (tertiary/aromatic N) is 1. The Balaban J connectivity index is 2.68. The van der Waals surface area contributed by atoms with Gasteiger partial charge in [0, 0.05) is 6.54 Å². The van der Waals surface area contributed by atoms with Crippen LogP contribution in [0, 0.1) is 11.8 Å². The number of hydrogen-bond donors (Lipinski definition) is 1. The van der Waals surface area contributed by atoms with E-state index in [4.69, 9.17) is 0 Å². The maximum absolute atomic E-state index is 12.4. The third-order valence-corrected chi connectivity index (χ3v) is 3.54. The summed E-state index contributed by atoms with van der Waals surface area (Å²) in [5, 5.41) is 3.42. The molecule has 1 saturated heterocycles. The van der Waals surface area contributed by atoms with Crippen molar-refractivity contribution in [1.82, 2.24) is 10.2 Å². The van der Waals surface area contributed by atoms with Crippen LogP contribution in [-0.4, -0.2) is 42.6 Å². The molecule has 2 unspecified atom stereocenters. The van der Waals surface area contributed by atoms with Gasteiger partial charge in [0.05, 0.1) is 25.7 Å². The molecule has 0 spiro atoms. The first-order chi connectivity index (χ1) is 9.35. The Morgan fingerprint density at radius 3 is 2.35 bits per heavy atom. The summed E-state index contributed by atoms with van der Waals surface area (Å²) in [6.45, 7) is 8.94. The van der Waals surface area contributed by atoms with Crippen molar-refractivity contribution >= 4 is 11.9 Å². The highest BCUT2D eigenvalue weighted by atomic mass is 16.5. The van der Waals surface area contributed by atoms with Crippen LogP contribution < -0.4 is 5.32 Å². The molecule has 1 heterocycles. The van der Waals surface area contributed by atoms with Gasteiger partial charge in [-0.3, -0.25) is 14.9 Å². The van der Waals surface area contributed by atoms with Gasteiger partial charge >= 0.3 is 5.97 Å². The molecule has 20 heavy (non-hydrogen) atoms. The van der Waals surface area contributed by atoms with Gasteiger partial charge in [-0.15, -0.1) is 0 Å². The summed E-state index contributed by atoms with van der Waals surface area (Å²) >= 11 is 0. The number of methoxy groups -OCH3 is 1. The van der Waals surface area contributed by atoms with E-state index in [9.17, 15) is 9.59 Å². The fourth-order valence-electron chi connectivity index (χ4n) is 2.61. The number of ether oxygens (including phenoxy) is 1. The molecule has 0 aliphatic carbocycles. The molecule has 0 aromatic heterocycles. The Kier molecular flexibility index (Phi) is 6.46. The van der Waals surface area contributed by atoms with Crippen molar-refractivity contribution in [3.8, 4) is 0 Å². The van der Waals surface area contributed by atoms with Crippen LogP contribution in [0.4, 0.5) is 0 Å². The zero-order valence-corrected chi connectivity index (χ0v) is 13.3. The highest BCUT2D eigenvalue weighted by molar-refractivity contribution is 5.84. The van der Waals surface area contributed by atoms with Gasteiger partial charge in [0.1, 0.15) is 0 Å². The lowest BCUT2D eigenvalue weighted by Gasteiger charge is -2.25. The Hall–Kier alpha value is -1.10. The van der Waals surface area contributed by atoms with Crippen LogP contribution in [-0.2, 0) is 14.3 Å². The first-order valence-corrected chi connectivity index (χ1v) is 7.48. The first-order valence-electron chi connectivity index (χ1n) is 7.48. The lowest BCUT2D eigenvalue weighted by atomic mass is 10.0. The summed E-state index contributed by atoms with van der Waals surface area (Å²) in [4.78, 5) is 25.5. The van der Waals surface area contributed by atoms with Crippen LogP contribution >= 0.6 is 0 Å². The maximum atomic E-state index is 12.4. The van der Waals surface area contributed by atoms with Crippen molar-refractivity contribution in [2.24, 2.45) is 11.8 Å². The van der Waals surface area contributed by atoms with E-state index in [0.29, 0.717) is 18.4 Å². The second kappa shape index (κ2) is 7.62. The monoisotopic (exact) mass is 284 g/mol. The second-order valence-electron chi connectivity index (χ2n) is 6.35. The Bertz CT molecular complexity index is 342. The van der Waals surface area contributed by atoms with Gasteiger partial charge < -0.3 is 9.64 Å². The van der Waals surface area contributed by atoms with E-state index in [2.05, 4.69) is 37.7 Å². The summed E-state index contributed by atoms with van der Waals surface area (Å²) in [5.41, 5.74) is 0. The van der Waals surface area contributed by atoms with Crippen LogP contribution in [0.15, 0.2) is 0 Å². The van der Waals surface area contributed by atoms with Crippen molar-refractivity contribution in [3.05, 3.63) is 0 Å². The van der Waals surface area contributed by atoms with Crippen molar-refractivity contribution in [1.29, 1.82) is 0 Å². The molecule has 1 amide bonds. The summed E-state index contributed by atoms with van der Waals surface area (Å²) in [7, 11) is 1.37. The molecule has 1 aliphatic heterocycles. The highest BCUT2D eigenvalue weighted by Gasteiger charge is 2.38. The number of esters is 1. The highest BCUT2D eigenvalue weighted by Crippen LogP contribution is 2.21. The van der Waals surface area contributed by atoms with E-state index in [1.54, 1.807) is 0 Å². The number of carbonyl (C=O) groups excluding carboxylic acids is 2. The number of amides is 1. The van der Waals surface area contributed by atoms with E-state index in [0.717, 1.165) is 12.8 Å². The topological polar surface area (TPSA) is 58.6 Å². The van der Waals surface area contributed by atoms with Gasteiger partial charge in [-0.2, -0.15) is 0 Å². The minimum Gasteiger partial charge on any atom is -0.469 e. The van der Waals surface area contributed by atoms with Gasteiger partial charge in [-0.1, -0.05) is 27.7 Å². The van der Waals surface area contributed by atoms with Gasteiger partial charge in [-0.25, -0.2) is 0 Å². The lowest BCUT2D eigenvalue weighted by molar-refractivity contribution is -0.141. The molecule has 0 saturated carbocycles. The molecule has 0 bridgehead atoms. The smallest absolute Gasteiger partial charge is 0.307 e. The molecule has 116 valence electrons. The van der Waals surface area contributed by atoms with Crippen LogP contribution in [0.1, 0.15) is 47.0 Å². The maximum Gasteiger partial charge on any atom is 0.307 e. The molecule has 1 fully saturated rings. The van der Waals surface area contributed by atoms with Crippen LogP contribution in [0.25, 0.3) is 0 Å². The minimum absolute atomic E-state index is 0.0379. The summed E-state index contributed by atoms with van der Waals surface area (Å²) in [6.07, 6.45) is 2.03. The molecule has 1 N–H and O–H groups in total. The molecule has 2 atom stereocenters. The van der Waals surface area contributed by atoms with Crippen molar-refractivity contribution in [2.75, 3.05) is 13.7 Å². The molecule has 5 nitrogen and oxygen atoms in total. The average Bonchev–Trinajstić information content (AvgIpc) is 2.61. The van der Waals surface area contributed by atoms with Crippen molar-refractivity contribution in [3.63, 3.8) is 0 Å². The van der Waals surface area contributed by atoms with Crippen LogP contribution in [0.2, 0.25) is 0 Å². The number of hydrogen-bond acceptors (Lipinski definition) is 4. The van der Waals surface area contributed by atoms with Crippen molar-refractivity contribution < 1.29 is 14.3 Å². The summed E-state index contributed by atoms with van der Waals surface area (Å²) < 4.78 is 4.66. The van der Waals surface area contributed by atoms with Crippen LogP contribution in [0.5, 0.6) is 0 Å². The van der Waals surface area contributed by atoms with Gasteiger partial charge in [0.15, 0.2) is 0 Å². The van der Waals surface area contributed by atoms with E-state index in [1.807, 2.05) is 4.90 Å². The molecule has 1 aliphatic rings. The standard InChI is InChI=1S/C15H28N2O3/c1-10(2)8-12-15(19)17(7-6-14(18)20-5)13(16-12)9-11(3)4/h10-13,16H,6-9H2,1-5H3. The zero-order valence-electron chi connectivity index (χ0n) is 13.3. The molecule has 0 radical (unpaired) electrons. The largest absolute Gasteiger partial charge is 0.469 e. The third-order valence-electron chi connectivity index (χ3n) is 3.54. The third kappa shape index (κ3) is 4.78. The quantitative estimate of drug-likeness (QED) is 0.724. The SMILES string of the molecule is COC(=O)CCN1C(=O)C(CC(C)C)NC1CC(C)C. The Labute approximate surface area is 122 Å². The predicted octanol–water partition coefficient (Wildman–Crippen LogP) is 1.77. The zero-order chi connectivity index (χ0) is 15.3. The second-order valence-corrected chi connectivity index (χ2v) is 6.35. The van der Waals surface area contributed by atoms with E-state index < -0.39 is 0 Å². The fourth-order valence-corrected chi connectivity index (χ4v) is 2.61. The normalized spacial score (nSPS) is 22.9. The van der Waals surface area contributed by atoms with Crippen molar-refractivity contribution in [2.45, 2.75) is 59.2 Å². The lowest BCUT2D eigenvalue weighted by Crippen LogP contribution is -2.39. The Morgan fingerprint density at radius 2 is 1.85 bits per heavy atom. The average molecular weight is 284 g/mol.